The summed E-state index contributed by atoms with van der Waals surface area (Å²) in [5.41, 5.74) is 2.26. The highest BCUT2D eigenvalue weighted by Gasteiger charge is 2.07. The minimum Gasteiger partial charge on any atom is -0.309 e. The zero-order valence-corrected chi connectivity index (χ0v) is 11.3. The molecule has 2 aromatic heterocycles. The Balaban J connectivity index is 1.94. The highest BCUT2D eigenvalue weighted by molar-refractivity contribution is 5.51. The third-order valence-electron chi connectivity index (χ3n) is 3.17. The van der Waals surface area contributed by atoms with Gasteiger partial charge in [0.15, 0.2) is 0 Å². The van der Waals surface area contributed by atoms with E-state index in [1.54, 1.807) is 6.20 Å². The number of hydrogen-bond donors (Lipinski definition) is 1. The monoisotopic (exact) mass is 247 g/mol. The predicted octanol–water partition coefficient (Wildman–Crippen LogP) is 1.16. The van der Waals surface area contributed by atoms with Crippen LogP contribution in [-0.4, -0.2) is 45.7 Å². The van der Waals surface area contributed by atoms with E-state index in [0.717, 1.165) is 25.2 Å². The van der Waals surface area contributed by atoms with Crippen LogP contribution >= 0.6 is 0 Å². The van der Waals surface area contributed by atoms with Gasteiger partial charge in [0.2, 0.25) is 0 Å². The zero-order valence-electron chi connectivity index (χ0n) is 11.3. The molecule has 98 valence electrons. The number of rotatable bonds is 6. The smallest absolute Gasteiger partial charge is 0.0889 e. The summed E-state index contributed by atoms with van der Waals surface area (Å²) in [5.74, 6) is 0. The molecule has 1 N–H and O–H groups in total. The third kappa shape index (κ3) is 3.05. The van der Waals surface area contributed by atoms with Gasteiger partial charge in [0, 0.05) is 37.1 Å². The topological polar surface area (TPSA) is 45.5 Å². The van der Waals surface area contributed by atoms with E-state index in [2.05, 4.69) is 41.2 Å². The Labute approximate surface area is 108 Å². The molecule has 2 heterocycles. The number of nitrogens with zero attached hydrogens (tertiary/aromatic N) is 4. The molecular formula is C13H21N5. The lowest BCUT2D eigenvalue weighted by Crippen LogP contribution is -2.36. The van der Waals surface area contributed by atoms with Gasteiger partial charge >= 0.3 is 0 Å². The molecule has 0 aromatic carbocycles. The maximum atomic E-state index is 4.30. The van der Waals surface area contributed by atoms with E-state index in [9.17, 15) is 0 Å². The molecule has 5 nitrogen and oxygen atoms in total. The van der Waals surface area contributed by atoms with Crippen molar-refractivity contribution >= 4 is 5.52 Å². The van der Waals surface area contributed by atoms with Crippen LogP contribution in [0.1, 0.15) is 19.4 Å². The van der Waals surface area contributed by atoms with E-state index in [-0.39, 0.29) is 0 Å². The Morgan fingerprint density at radius 2 is 2.28 bits per heavy atom. The van der Waals surface area contributed by atoms with Gasteiger partial charge < -0.3 is 10.2 Å². The van der Waals surface area contributed by atoms with Gasteiger partial charge in [0.05, 0.1) is 17.9 Å². The van der Waals surface area contributed by atoms with E-state index in [1.807, 2.05) is 23.1 Å². The van der Waals surface area contributed by atoms with Gasteiger partial charge in [0.1, 0.15) is 0 Å². The van der Waals surface area contributed by atoms with Crippen LogP contribution in [0.4, 0.5) is 0 Å². The van der Waals surface area contributed by atoms with Gasteiger partial charge in [-0.25, -0.2) is 4.52 Å². The number of likely N-dealkylation sites (N-methyl/N-ethyl adjacent to an activating group) is 1. The van der Waals surface area contributed by atoms with Crippen LogP contribution in [0.2, 0.25) is 0 Å². The Morgan fingerprint density at radius 1 is 1.44 bits per heavy atom. The van der Waals surface area contributed by atoms with Gasteiger partial charge in [-0.2, -0.15) is 5.10 Å². The summed E-state index contributed by atoms with van der Waals surface area (Å²) in [5, 5.41) is 7.82. The minimum atomic E-state index is 0.460. The van der Waals surface area contributed by atoms with Crippen LogP contribution in [0.15, 0.2) is 24.8 Å². The van der Waals surface area contributed by atoms with Crippen molar-refractivity contribution in [2.24, 2.45) is 0 Å². The van der Waals surface area contributed by atoms with Crippen molar-refractivity contribution in [1.29, 1.82) is 0 Å². The van der Waals surface area contributed by atoms with Crippen LogP contribution < -0.4 is 5.32 Å². The van der Waals surface area contributed by atoms with Crippen LogP contribution in [0.5, 0.6) is 0 Å². The molecule has 18 heavy (non-hydrogen) atoms. The van der Waals surface area contributed by atoms with E-state index < -0.39 is 0 Å². The SMILES string of the molecule is CCN(C)CC(C)NCc1cnn2ccncc12. The molecule has 2 aromatic rings. The molecule has 0 saturated heterocycles. The van der Waals surface area contributed by atoms with Gasteiger partial charge in [-0.3, -0.25) is 4.98 Å². The molecule has 0 radical (unpaired) electrons. The Hall–Kier alpha value is -1.46. The molecule has 2 rings (SSSR count). The Morgan fingerprint density at radius 3 is 3.06 bits per heavy atom. The standard InChI is InChI=1S/C13H21N5/c1-4-17(3)10-11(2)15-7-12-8-16-18-6-5-14-9-13(12)18/h5-6,8-9,11,15H,4,7,10H2,1-3H3. The lowest BCUT2D eigenvalue weighted by molar-refractivity contribution is 0.309. The van der Waals surface area contributed by atoms with Crippen molar-refractivity contribution in [3.05, 3.63) is 30.4 Å². The molecule has 0 saturated carbocycles. The molecular weight excluding hydrogens is 226 g/mol. The fourth-order valence-electron chi connectivity index (χ4n) is 1.97. The van der Waals surface area contributed by atoms with E-state index >= 15 is 0 Å². The first-order valence-electron chi connectivity index (χ1n) is 6.39. The number of hydrogen-bond acceptors (Lipinski definition) is 4. The minimum absolute atomic E-state index is 0.460. The third-order valence-corrected chi connectivity index (χ3v) is 3.17. The Kier molecular flexibility index (Phi) is 4.28. The zero-order chi connectivity index (χ0) is 13.0. The largest absolute Gasteiger partial charge is 0.309 e. The molecule has 0 fully saturated rings. The van der Waals surface area contributed by atoms with Crippen LogP contribution in [0.3, 0.4) is 0 Å². The molecule has 1 unspecified atom stereocenters. The first-order valence-corrected chi connectivity index (χ1v) is 6.39. The second-order valence-corrected chi connectivity index (χ2v) is 4.71. The Bertz CT molecular complexity index is 493. The van der Waals surface area contributed by atoms with Crippen LogP contribution in [0.25, 0.3) is 5.52 Å². The first kappa shape index (κ1) is 13.0. The number of aromatic nitrogens is 3. The summed E-state index contributed by atoms with van der Waals surface area (Å²) in [7, 11) is 2.14. The lowest BCUT2D eigenvalue weighted by Gasteiger charge is -2.20. The summed E-state index contributed by atoms with van der Waals surface area (Å²) < 4.78 is 1.85. The molecule has 5 heteroatoms. The van der Waals surface area contributed by atoms with Crippen molar-refractivity contribution in [2.75, 3.05) is 20.1 Å². The molecule has 0 aliphatic rings. The average molecular weight is 247 g/mol. The number of nitrogens with one attached hydrogen (secondary N) is 1. The average Bonchev–Trinajstić information content (AvgIpc) is 2.79. The highest BCUT2D eigenvalue weighted by Crippen LogP contribution is 2.08. The highest BCUT2D eigenvalue weighted by atomic mass is 15.2. The predicted molar refractivity (Wildman–Crippen MR) is 72.5 cm³/mol. The summed E-state index contributed by atoms with van der Waals surface area (Å²) >= 11 is 0. The second kappa shape index (κ2) is 5.93. The molecule has 0 amide bonds. The van der Waals surface area contributed by atoms with E-state index in [0.29, 0.717) is 6.04 Å². The first-order chi connectivity index (χ1) is 8.70. The number of fused-ring (bicyclic) bond motifs is 1. The van der Waals surface area contributed by atoms with Crippen molar-refractivity contribution in [3.8, 4) is 0 Å². The van der Waals surface area contributed by atoms with Crippen molar-refractivity contribution in [1.82, 2.24) is 24.8 Å². The fourth-order valence-corrected chi connectivity index (χ4v) is 1.97. The van der Waals surface area contributed by atoms with Gasteiger partial charge in [0.25, 0.3) is 0 Å². The van der Waals surface area contributed by atoms with Gasteiger partial charge in [-0.1, -0.05) is 6.92 Å². The van der Waals surface area contributed by atoms with Gasteiger partial charge in [-0.15, -0.1) is 0 Å². The summed E-state index contributed by atoms with van der Waals surface area (Å²) in [4.78, 5) is 6.44. The van der Waals surface area contributed by atoms with Crippen LogP contribution in [-0.2, 0) is 6.54 Å². The van der Waals surface area contributed by atoms with Crippen molar-refractivity contribution in [3.63, 3.8) is 0 Å². The van der Waals surface area contributed by atoms with E-state index in [1.165, 1.54) is 5.56 Å². The normalized spacial score (nSPS) is 13.3. The molecule has 0 bridgehead atoms. The molecule has 0 aliphatic heterocycles. The fraction of sp³-hybridized carbons (Fsp3) is 0.538. The van der Waals surface area contributed by atoms with Crippen LogP contribution in [0, 0.1) is 0 Å². The maximum Gasteiger partial charge on any atom is 0.0889 e. The summed E-state index contributed by atoms with van der Waals surface area (Å²) in [6.45, 7) is 7.33. The lowest BCUT2D eigenvalue weighted by atomic mass is 10.2. The summed E-state index contributed by atoms with van der Waals surface area (Å²) in [6, 6.07) is 0.460. The quantitative estimate of drug-likeness (QED) is 0.832. The summed E-state index contributed by atoms with van der Waals surface area (Å²) in [6.07, 6.45) is 7.37. The maximum absolute atomic E-state index is 4.30. The second-order valence-electron chi connectivity index (χ2n) is 4.71. The van der Waals surface area contributed by atoms with Gasteiger partial charge in [-0.05, 0) is 20.5 Å². The van der Waals surface area contributed by atoms with Crippen molar-refractivity contribution in [2.45, 2.75) is 26.4 Å². The van der Waals surface area contributed by atoms with Crippen molar-refractivity contribution < 1.29 is 0 Å². The molecule has 0 spiro atoms. The molecule has 0 aliphatic carbocycles. The molecule has 1 atom stereocenters. The van der Waals surface area contributed by atoms with E-state index in [4.69, 9.17) is 0 Å².